The number of anilines is 1. The summed E-state index contributed by atoms with van der Waals surface area (Å²) in [6, 6.07) is 3.84. The number of urea groups is 1. The molecule has 0 bridgehead atoms. The molecule has 2 amide bonds. The number of alkyl halides is 1. The molecule has 0 unspecified atom stereocenters. The Labute approximate surface area is 103 Å². The summed E-state index contributed by atoms with van der Waals surface area (Å²) in [5.41, 5.74) is 1.09. The number of nitro groups is 1. The SMILES string of the molecule is Cc1ccc([N+](=O)[O-])cc1NC(=O)NCCCl. The number of carbonyl (C=O) groups excluding carboxylic acids is 1. The number of hydrogen-bond acceptors (Lipinski definition) is 3. The van der Waals surface area contributed by atoms with Crippen LogP contribution in [0.15, 0.2) is 18.2 Å². The van der Waals surface area contributed by atoms with Crippen molar-refractivity contribution in [2.24, 2.45) is 0 Å². The summed E-state index contributed by atoms with van der Waals surface area (Å²) in [4.78, 5) is 21.4. The molecule has 0 atom stereocenters. The molecule has 1 aromatic carbocycles. The quantitative estimate of drug-likeness (QED) is 0.493. The lowest BCUT2D eigenvalue weighted by Gasteiger charge is -2.08. The average molecular weight is 258 g/mol. The van der Waals surface area contributed by atoms with Gasteiger partial charge in [-0.15, -0.1) is 11.6 Å². The summed E-state index contributed by atoms with van der Waals surface area (Å²) in [6.07, 6.45) is 0. The Morgan fingerprint density at radius 2 is 2.24 bits per heavy atom. The van der Waals surface area contributed by atoms with Crippen molar-refractivity contribution in [1.82, 2.24) is 5.32 Å². The Balaban J connectivity index is 2.79. The second-order valence-electron chi connectivity index (χ2n) is 3.33. The first kappa shape index (κ1) is 13.2. The lowest BCUT2D eigenvalue weighted by Crippen LogP contribution is -2.30. The molecular weight excluding hydrogens is 246 g/mol. The second kappa shape index (κ2) is 6.05. The number of nitrogens with one attached hydrogen (secondary N) is 2. The molecule has 0 heterocycles. The van der Waals surface area contributed by atoms with E-state index >= 15 is 0 Å². The zero-order chi connectivity index (χ0) is 12.8. The largest absolute Gasteiger partial charge is 0.337 e. The van der Waals surface area contributed by atoms with Crippen molar-refractivity contribution in [3.63, 3.8) is 0 Å². The Kier molecular flexibility index (Phi) is 4.71. The van der Waals surface area contributed by atoms with Crippen LogP contribution in [0.3, 0.4) is 0 Å². The molecule has 0 aliphatic rings. The van der Waals surface area contributed by atoms with Crippen LogP contribution in [0, 0.1) is 17.0 Å². The van der Waals surface area contributed by atoms with Crippen LogP contribution in [0.1, 0.15) is 5.56 Å². The topological polar surface area (TPSA) is 84.3 Å². The number of nitrogens with zero attached hydrogens (tertiary/aromatic N) is 1. The number of carbonyl (C=O) groups is 1. The predicted octanol–water partition coefficient (Wildman–Crippen LogP) is 2.26. The third kappa shape index (κ3) is 3.92. The second-order valence-corrected chi connectivity index (χ2v) is 3.70. The molecule has 0 aliphatic heterocycles. The highest BCUT2D eigenvalue weighted by atomic mass is 35.5. The molecule has 0 saturated heterocycles. The number of aryl methyl sites for hydroxylation is 1. The van der Waals surface area contributed by atoms with Gasteiger partial charge in [0.1, 0.15) is 0 Å². The van der Waals surface area contributed by atoms with Gasteiger partial charge in [-0.3, -0.25) is 10.1 Å². The van der Waals surface area contributed by atoms with Gasteiger partial charge in [-0.05, 0) is 12.5 Å². The number of halogens is 1. The van der Waals surface area contributed by atoms with E-state index in [-0.39, 0.29) is 5.69 Å². The van der Waals surface area contributed by atoms with E-state index in [9.17, 15) is 14.9 Å². The lowest BCUT2D eigenvalue weighted by atomic mass is 10.2. The normalized spacial score (nSPS) is 9.76. The van der Waals surface area contributed by atoms with Crippen molar-refractivity contribution in [3.8, 4) is 0 Å². The van der Waals surface area contributed by atoms with E-state index in [1.165, 1.54) is 12.1 Å². The van der Waals surface area contributed by atoms with E-state index in [1.807, 2.05) is 0 Å². The minimum Gasteiger partial charge on any atom is -0.337 e. The molecule has 1 rings (SSSR count). The molecule has 1 aromatic rings. The van der Waals surface area contributed by atoms with Crippen molar-refractivity contribution in [3.05, 3.63) is 33.9 Å². The van der Waals surface area contributed by atoms with Gasteiger partial charge in [-0.2, -0.15) is 0 Å². The summed E-state index contributed by atoms with van der Waals surface area (Å²) in [5, 5.41) is 15.6. The molecule has 6 nitrogen and oxygen atoms in total. The minimum atomic E-state index is -0.513. The maximum atomic E-state index is 11.4. The van der Waals surface area contributed by atoms with E-state index < -0.39 is 11.0 Å². The molecule has 0 fully saturated rings. The molecule has 92 valence electrons. The monoisotopic (exact) mass is 257 g/mol. The highest BCUT2D eigenvalue weighted by Crippen LogP contribution is 2.21. The Morgan fingerprint density at radius 3 is 2.82 bits per heavy atom. The number of non-ortho nitro benzene ring substituents is 1. The van der Waals surface area contributed by atoms with Gasteiger partial charge in [-0.25, -0.2) is 4.79 Å². The first-order valence-electron chi connectivity index (χ1n) is 4.90. The van der Waals surface area contributed by atoms with Gasteiger partial charge in [0.25, 0.3) is 5.69 Å². The Bertz CT molecular complexity index is 437. The van der Waals surface area contributed by atoms with Crippen LogP contribution in [0.2, 0.25) is 0 Å². The van der Waals surface area contributed by atoms with E-state index in [1.54, 1.807) is 13.0 Å². The van der Waals surface area contributed by atoms with Gasteiger partial charge in [0.2, 0.25) is 0 Å². The highest BCUT2D eigenvalue weighted by Gasteiger charge is 2.10. The van der Waals surface area contributed by atoms with Gasteiger partial charge in [0.05, 0.1) is 10.6 Å². The fourth-order valence-corrected chi connectivity index (χ4v) is 1.28. The summed E-state index contributed by atoms with van der Waals surface area (Å²) >= 11 is 5.41. The van der Waals surface area contributed by atoms with Crippen LogP contribution in [0.25, 0.3) is 0 Å². The lowest BCUT2D eigenvalue weighted by molar-refractivity contribution is -0.384. The fraction of sp³-hybridized carbons (Fsp3) is 0.300. The Morgan fingerprint density at radius 1 is 1.53 bits per heavy atom. The highest BCUT2D eigenvalue weighted by molar-refractivity contribution is 6.18. The van der Waals surface area contributed by atoms with Crippen LogP contribution < -0.4 is 10.6 Å². The average Bonchev–Trinajstić information content (AvgIpc) is 2.29. The summed E-state index contributed by atoms with van der Waals surface area (Å²) in [5.74, 6) is 0.307. The van der Waals surface area contributed by atoms with Crippen LogP contribution in [0.5, 0.6) is 0 Å². The van der Waals surface area contributed by atoms with Crippen molar-refractivity contribution in [2.75, 3.05) is 17.7 Å². The number of rotatable bonds is 4. The van der Waals surface area contributed by atoms with Gasteiger partial charge >= 0.3 is 6.03 Å². The third-order valence-electron chi connectivity index (χ3n) is 2.06. The number of amides is 2. The van der Waals surface area contributed by atoms with E-state index in [4.69, 9.17) is 11.6 Å². The molecule has 0 spiro atoms. The van der Waals surface area contributed by atoms with Crippen LogP contribution in [-0.4, -0.2) is 23.4 Å². The number of nitro benzene ring substituents is 1. The first-order valence-corrected chi connectivity index (χ1v) is 5.44. The molecule has 2 N–H and O–H groups in total. The summed E-state index contributed by atoms with van der Waals surface area (Å²) in [6.45, 7) is 2.09. The van der Waals surface area contributed by atoms with E-state index in [0.29, 0.717) is 18.1 Å². The van der Waals surface area contributed by atoms with Crippen LogP contribution in [-0.2, 0) is 0 Å². The molecule has 17 heavy (non-hydrogen) atoms. The maximum absolute atomic E-state index is 11.4. The van der Waals surface area contributed by atoms with Gasteiger partial charge in [0, 0.05) is 24.6 Å². The fourth-order valence-electron chi connectivity index (χ4n) is 1.19. The molecule has 7 heteroatoms. The summed E-state index contributed by atoms with van der Waals surface area (Å²) < 4.78 is 0. The third-order valence-corrected chi connectivity index (χ3v) is 2.25. The van der Waals surface area contributed by atoms with Crippen LogP contribution in [0.4, 0.5) is 16.2 Å². The summed E-state index contributed by atoms with van der Waals surface area (Å²) in [7, 11) is 0. The molecule has 0 saturated carbocycles. The number of hydrogen-bond donors (Lipinski definition) is 2. The van der Waals surface area contributed by atoms with E-state index in [0.717, 1.165) is 5.56 Å². The maximum Gasteiger partial charge on any atom is 0.319 e. The zero-order valence-electron chi connectivity index (χ0n) is 9.20. The van der Waals surface area contributed by atoms with Gasteiger partial charge in [-0.1, -0.05) is 6.07 Å². The zero-order valence-corrected chi connectivity index (χ0v) is 9.95. The minimum absolute atomic E-state index is 0.0664. The molecule has 0 aromatic heterocycles. The predicted molar refractivity (Wildman–Crippen MR) is 65.6 cm³/mol. The van der Waals surface area contributed by atoms with Gasteiger partial charge in [0.15, 0.2) is 0 Å². The van der Waals surface area contributed by atoms with Crippen molar-refractivity contribution in [2.45, 2.75) is 6.92 Å². The van der Waals surface area contributed by atoms with Gasteiger partial charge < -0.3 is 10.6 Å². The molecule has 0 radical (unpaired) electrons. The van der Waals surface area contributed by atoms with Crippen molar-refractivity contribution in [1.29, 1.82) is 0 Å². The molecular formula is C10H12ClN3O3. The standard InChI is InChI=1S/C10H12ClN3O3/c1-7-2-3-8(14(16)17)6-9(7)13-10(15)12-5-4-11/h2-3,6H,4-5H2,1H3,(H2,12,13,15). The van der Waals surface area contributed by atoms with E-state index in [2.05, 4.69) is 10.6 Å². The van der Waals surface area contributed by atoms with Crippen molar-refractivity contribution < 1.29 is 9.72 Å². The Hall–Kier alpha value is -1.82. The number of benzene rings is 1. The molecule has 0 aliphatic carbocycles. The van der Waals surface area contributed by atoms with Crippen molar-refractivity contribution >= 4 is 29.0 Å². The van der Waals surface area contributed by atoms with Crippen LogP contribution >= 0.6 is 11.6 Å². The first-order chi connectivity index (χ1) is 8.04. The smallest absolute Gasteiger partial charge is 0.319 e.